The van der Waals surface area contributed by atoms with Crippen LogP contribution >= 0.6 is 0 Å². The minimum absolute atomic E-state index is 0.308. The fraction of sp³-hybridized carbons (Fsp3) is 0.417. The number of nitrogen functional groups attached to an aromatic ring is 2. The van der Waals surface area contributed by atoms with E-state index < -0.39 is 0 Å². The molecule has 7 nitrogen and oxygen atoms in total. The highest BCUT2D eigenvalue weighted by Crippen LogP contribution is 2.25. The first kappa shape index (κ1) is 13.3. The van der Waals surface area contributed by atoms with Gasteiger partial charge in [-0.2, -0.15) is 0 Å². The molecule has 0 aliphatic carbocycles. The van der Waals surface area contributed by atoms with Crippen molar-refractivity contribution in [2.75, 3.05) is 25.2 Å². The van der Waals surface area contributed by atoms with Gasteiger partial charge in [0.05, 0.1) is 6.61 Å². The van der Waals surface area contributed by atoms with Gasteiger partial charge in [0.2, 0.25) is 0 Å². The van der Waals surface area contributed by atoms with Crippen LogP contribution in [0.2, 0.25) is 0 Å². The molecule has 0 fully saturated rings. The van der Waals surface area contributed by atoms with E-state index in [0.717, 1.165) is 5.56 Å². The molecule has 102 valence electrons. The molecule has 2 rings (SSSR count). The quantitative estimate of drug-likeness (QED) is 0.772. The molecule has 0 amide bonds. The summed E-state index contributed by atoms with van der Waals surface area (Å²) in [6.07, 6.45) is 0. The van der Waals surface area contributed by atoms with Gasteiger partial charge in [0, 0.05) is 30.6 Å². The van der Waals surface area contributed by atoms with Crippen molar-refractivity contribution in [3.8, 4) is 11.4 Å². The monoisotopic (exact) mass is 262 g/mol. The first-order valence-corrected chi connectivity index (χ1v) is 6.02. The molecule has 0 aliphatic rings. The van der Waals surface area contributed by atoms with Crippen LogP contribution in [0.15, 0.2) is 18.2 Å². The third-order valence-corrected chi connectivity index (χ3v) is 2.78. The Morgan fingerprint density at radius 1 is 1.37 bits per heavy atom. The van der Waals surface area contributed by atoms with Gasteiger partial charge < -0.3 is 16.2 Å². The zero-order valence-electron chi connectivity index (χ0n) is 11.1. The van der Waals surface area contributed by atoms with Crippen molar-refractivity contribution < 1.29 is 4.74 Å². The fourth-order valence-corrected chi connectivity index (χ4v) is 1.94. The van der Waals surface area contributed by atoms with Crippen LogP contribution in [-0.4, -0.2) is 33.9 Å². The minimum atomic E-state index is 0.308. The lowest BCUT2D eigenvalue weighted by Crippen LogP contribution is -2.15. The van der Waals surface area contributed by atoms with Gasteiger partial charge in [-0.25, -0.2) is 4.68 Å². The van der Waals surface area contributed by atoms with E-state index in [2.05, 4.69) is 22.4 Å². The number of anilines is 2. The molecule has 7 heteroatoms. The molecule has 0 saturated carbocycles. The summed E-state index contributed by atoms with van der Waals surface area (Å²) in [4.78, 5) is 0. The van der Waals surface area contributed by atoms with Gasteiger partial charge in [0.1, 0.15) is 0 Å². The highest BCUT2D eigenvalue weighted by molar-refractivity contribution is 5.74. The molecule has 1 aromatic heterocycles. The number of ether oxygens (including phenoxy) is 1. The fourth-order valence-electron chi connectivity index (χ4n) is 1.94. The summed E-state index contributed by atoms with van der Waals surface area (Å²) < 4.78 is 6.84. The molecule has 0 spiro atoms. The lowest BCUT2D eigenvalue weighted by molar-refractivity contribution is 0.149. The summed E-state index contributed by atoms with van der Waals surface area (Å²) in [5.74, 6) is 0.947. The number of hydrogen-bond acceptors (Lipinski definition) is 6. The van der Waals surface area contributed by atoms with Crippen LogP contribution in [-0.2, 0) is 11.3 Å². The normalized spacial score (nSPS) is 12.5. The van der Waals surface area contributed by atoms with Gasteiger partial charge in [-0.05, 0) is 34.5 Å². The second-order valence-corrected chi connectivity index (χ2v) is 4.59. The Morgan fingerprint density at radius 2 is 2.16 bits per heavy atom. The average Bonchev–Trinajstić information content (AvgIpc) is 2.77. The van der Waals surface area contributed by atoms with E-state index in [0.29, 0.717) is 36.3 Å². The van der Waals surface area contributed by atoms with E-state index in [4.69, 9.17) is 16.2 Å². The van der Waals surface area contributed by atoms with E-state index >= 15 is 0 Å². The van der Waals surface area contributed by atoms with Gasteiger partial charge >= 0.3 is 0 Å². The number of nitrogens with two attached hydrogens (primary N) is 2. The molecule has 4 N–H and O–H groups in total. The molecule has 1 aromatic carbocycles. The van der Waals surface area contributed by atoms with Crippen molar-refractivity contribution in [3.05, 3.63) is 18.2 Å². The Hall–Kier alpha value is -2.15. The molecule has 0 saturated heterocycles. The van der Waals surface area contributed by atoms with Gasteiger partial charge in [0.15, 0.2) is 5.82 Å². The Bertz CT molecular complexity index is 553. The Morgan fingerprint density at radius 3 is 2.84 bits per heavy atom. The summed E-state index contributed by atoms with van der Waals surface area (Å²) in [5, 5.41) is 11.7. The summed E-state index contributed by atoms with van der Waals surface area (Å²) >= 11 is 0. The van der Waals surface area contributed by atoms with E-state index in [1.54, 1.807) is 23.9 Å². The van der Waals surface area contributed by atoms with Crippen LogP contribution in [0.4, 0.5) is 11.4 Å². The van der Waals surface area contributed by atoms with Gasteiger partial charge in [-0.3, -0.25) is 0 Å². The maximum absolute atomic E-state index is 5.96. The minimum Gasteiger partial charge on any atom is -0.399 e. The van der Waals surface area contributed by atoms with Crippen molar-refractivity contribution in [1.29, 1.82) is 0 Å². The zero-order valence-corrected chi connectivity index (χ0v) is 11.1. The molecule has 1 heterocycles. The van der Waals surface area contributed by atoms with Crippen molar-refractivity contribution in [3.63, 3.8) is 0 Å². The maximum atomic E-state index is 5.96. The van der Waals surface area contributed by atoms with Crippen LogP contribution in [0.1, 0.15) is 6.92 Å². The predicted molar refractivity (Wildman–Crippen MR) is 73.1 cm³/mol. The van der Waals surface area contributed by atoms with Crippen molar-refractivity contribution in [1.82, 2.24) is 20.2 Å². The summed E-state index contributed by atoms with van der Waals surface area (Å²) in [6, 6.07) is 5.31. The number of aromatic nitrogens is 4. The summed E-state index contributed by atoms with van der Waals surface area (Å²) in [6.45, 7) is 3.39. The number of rotatable bonds is 5. The predicted octanol–water partition coefficient (Wildman–Crippen LogP) is 0.787. The third-order valence-electron chi connectivity index (χ3n) is 2.78. The van der Waals surface area contributed by atoms with E-state index in [1.807, 2.05) is 6.07 Å². The number of benzene rings is 1. The standard InChI is InChI=1S/C12H18N6O/c1-8(7-19-2)6-18-12(15-16-17-18)10-4-3-9(13)5-11(10)14/h3-5,8H,6-7,13-14H2,1-2H3. The second kappa shape index (κ2) is 5.66. The maximum Gasteiger partial charge on any atom is 0.184 e. The Labute approximate surface area is 111 Å². The van der Waals surface area contributed by atoms with Gasteiger partial charge in [-0.1, -0.05) is 6.92 Å². The van der Waals surface area contributed by atoms with Crippen LogP contribution in [0.5, 0.6) is 0 Å². The summed E-state index contributed by atoms with van der Waals surface area (Å²) in [5.41, 5.74) is 13.6. The van der Waals surface area contributed by atoms with Crippen molar-refractivity contribution >= 4 is 11.4 Å². The van der Waals surface area contributed by atoms with E-state index in [1.165, 1.54) is 0 Å². The van der Waals surface area contributed by atoms with Crippen molar-refractivity contribution in [2.45, 2.75) is 13.5 Å². The SMILES string of the molecule is COCC(C)Cn1nnnc1-c1ccc(N)cc1N. The lowest BCUT2D eigenvalue weighted by atomic mass is 10.1. The van der Waals surface area contributed by atoms with Crippen LogP contribution in [0.25, 0.3) is 11.4 Å². The molecule has 2 aromatic rings. The molecule has 1 unspecified atom stereocenters. The second-order valence-electron chi connectivity index (χ2n) is 4.59. The molecular weight excluding hydrogens is 244 g/mol. The largest absolute Gasteiger partial charge is 0.399 e. The van der Waals surface area contributed by atoms with Gasteiger partial charge in [0.25, 0.3) is 0 Å². The zero-order chi connectivity index (χ0) is 13.8. The number of methoxy groups -OCH3 is 1. The molecular formula is C12H18N6O. The first-order valence-electron chi connectivity index (χ1n) is 6.02. The smallest absolute Gasteiger partial charge is 0.184 e. The number of nitrogens with zero attached hydrogens (tertiary/aromatic N) is 4. The number of hydrogen-bond donors (Lipinski definition) is 2. The van der Waals surface area contributed by atoms with Crippen LogP contribution < -0.4 is 11.5 Å². The Kier molecular flexibility index (Phi) is 3.96. The Balaban J connectivity index is 2.28. The van der Waals surface area contributed by atoms with Crippen LogP contribution in [0, 0.1) is 5.92 Å². The number of tetrazole rings is 1. The van der Waals surface area contributed by atoms with Crippen LogP contribution in [0.3, 0.4) is 0 Å². The van der Waals surface area contributed by atoms with Gasteiger partial charge in [-0.15, -0.1) is 5.10 Å². The molecule has 1 atom stereocenters. The van der Waals surface area contributed by atoms with E-state index in [-0.39, 0.29) is 0 Å². The highest BCUT2D eigenvalue weighted by Gasteiger charge is 2.14. The molecule has 0 aliphatic heterocycles. The van der Waals surface area contributed by atoms with E-state index in [9.17, 15) is 0 Å². The summed E-state index contributed by atoms with van der Waals surface area (Å²) in [7, 11) is 1.68. The highest BCUT2D eigenvalue weighted by atomic mass is 16.5. The van der Waals surface area contributed by atoms with Crippen molar-refractivity contribution in [2.24, 2.45) is 5.92 Å². The topological polar surface area (TPSA) is 105 Å². The lowest BCUT2D eigenvalue weighted by Gasteiger charge is -2.12. The third kappa shape index (κ3) is 3.00. The molecule has 0 radical (unpaired) electrons. The first-order chi connectivity index (χ1) is 9.11. The molecule has 19 heavy (non-hydrogen) atoms. The average molecular weight is 262 g/mol. The molecule has 0 bridgehead atoms.